The predicted octanol–water partition coefficient (Wildman–Crippen LogP) is 1.46. The molecule has 0 amide bonds. The minimum absolute atomic E-state index is 0.0142. The molecule has 0 spiro atoms. The van der Waals surface area contributed by atoms with E-state index in [9.17, 15) is 9.90 Å². The lowest BCUT2D eigenvalue weighted by atomic mass is 9.87. The van der Waals surface area contributed by atoms with E-state index in [0.717, 1.165) is 0 Å². The summed E-state index contributed by atoms with van der Waals surface area (Å²) in [7, 11) is 0. The normalized spacial score (nSPS) is 28.2. The standard InChI is InChI=1S/C10H14O2/c1-7-6-9(12)10(2,3)5-4-8(7)11/h4-6,9,12H,1-3H3. The molecule has 2 heteroatoms. The molecule has 0 aromatic rings. The molecule has 66 valence electrons. The largest absolute Gasteiger partial charge is 0.388 e. The fraction of sp³-hybridized carbons (Fsp3) is 0.500. The lowest BCUT2D eigenvalue weighted by Crippen LogP contribution is -2.24. The second-order valence-corrected chi connectivity index (χ2v) is 3.81. The van der Waals surface area contributed by atoms with Crippen molar-refractivity contribution in [3.8, 4) is 0 Å². The average Bonchev–Trinajstić information content (AvgIpc) is 2.05. The van der Waals surface area contributed by atoms with Gasteiger partial charge < -0.3 is 5.11 Å². The molecule has 0 aromatic heterocycles. The third kappa shape index (κ3) is 1.64. The van der Waals surface area contributed by atoms with E-state index in [2.05, 4.69) is 0 Å². The van der Waals surface area contributed by atoms with Crippen molar-refractivity contribution in [2.24, 2.45) is 5.41 Å². The quantitative estimate of drug-likeness (QED) is 0.591. The second-order valence-electron chi connectivity index (χ2n) is 3.81. The van der Waals surface area contributed by atoms with Gasteiger partial charge in [0.15, 0.2) is 5.78 Å². The van der Waals surface area contributed by atoms with Crippen LogP contribution >= 0.6 is 0 Å². The molecule has 0 heterocycles. The molecule has 0 aliphatic heterocycles. The maximum Gasteiger partial charge on any atom is 0.181 e. The molecule has 12 heavy (non-hydrogen) atoms. The number of aliphatic hydroxyl groups excluding tert-OH is 1. The SMILES string of the molecule is CC1=CC(O)C(C)(C)C=CC1=O. The number of allylic oxidation sites excluding steroid dienone is 2. The van der Waals surface area contributed by atoms with Crippen LogP contribution < -0.4 is 0 Å². The summed E-state index contributed by atoms with van der Waals surface area (Å²) < 4.78 is 0. The van der Waals surface area contributed by atoms with Crippen LogP contribution in [0.1, 0.15) is 20.8 Å². The molecule has 1 rings (SSSR count). The Morgan fingerprint density at radius 3 is 2.67 bits per heavy atom. The van der Waals surface area contributed by atoms with Crippen LogP contribution in [0.25, 0.3) is 0 Å². The number of ketones is 1. The van der Waals surface area contributed by atoms with Gasteiger partial charge in [-0.15, -0.1) is 0 Å². The smallest absolute Gasteiger partial charge is 0.181 e. The molecule has 1 N–H and O–H groups in total. The van der Waals surface area contributed by atoms with Crippen molar-refractivity contribution in [1.82, 2.24) is 0 Å². The molecule has 0 saturated carbocycles. The van der Waals surface area contributed by atoms with E-state index >= 15 is 0 Å². The molecular weight excluding hydrogens is 152 g/mol. The minimum atomic E-state index is -0.569. The van der Waals surface area contributed by atoms with Crippen LogP contribution in [0.5, 0.6) is 0 Å². The summed E-state index contributed by atoms with van der Waals surface area (Å²) >= 11 is 0. The van der Waals surface area contributed by atoms with E-state index in [1.165, 1.54) is 6.08 Å². The highest BCUT2D eigenvalue weighted by molar-refractivity contribution is 6.03. The molecule has 0 radical (unpaired) electrons. The fourth-order valence-corrected chi connectivity index (χ4v) is 1.05. The van der Waals surface area contributed by atoms with E-state index in [1.54, 1.807) is 19.1 Å². The third-order valence-electron chi connectivity index (χ3n) is 2.22. The first-order valence-corrected chi connectivity index (χ1v) is 4.03. The summed E-state index contributed by atoms with van der Waals surface area (Å²) in [5.41, 5.74) is 0.275. The van der Waals surface area contributed by atoms with Crippen molar-refractivity contribution in [2.75, 3.05) is 0 Å². The molecule has 0 aromatic carbocycles. The summed E-state index contributed by atoms with van der Waals surface area (Å²) in [6.07, 6.45) is 4.33. The van der Waals surface area contributed by atoms with Gasteiger partial charge in [0, 0.05) is 5.41 Å². The lowest BCUT2D eigenvalue weighted by molar-refractivity contribution is -0.111. The maximum absolute atomic E-state index is 11.2. The van der Waals surface area contributed by atoms with Crippen LogP contribution in [0, 0.1) is 5.41 Å². The van der Waals surface area contributed by atoms with Gasteiger partial charge in [-0.3, -0.25) is 4.79 Å². The predicted molar refractivity (Wildman–Crippen MR) is 47.7 cm³/mol. The van der Waals surface area contributed by atoms with E-state index in [4.69, 9.17) is 0 Å². The van der Waals surface area contributed by atoms with Crippen molar-refractivity contribution in [2.45, 2.75) is 26.9 Å². The first-order valence-electron chi connectivity index (χ1n) is 4.03. The van der Waals surface area contributed by atoms with Crippen molar-refractivity contribution >= 4 is 5.78 Å². The highest BCUT2D eigenvalue weighted by Crippen LogP contribution is 2.26. The van der Waals surface area contributed by atoms with Crippen molar-refractivity contribution in [3.05, 3.63) is 23.8 Å². The Morgan fingerprint density at radius 1 is 1.50 bits per heavy atom. The summed E-state index contributed by atoms with van der Waals surface area (Å²) in [5.74, 6) is -0.0142. The van der Waals surface area contributed by atoms with E-state index in [1.807, 2.05) is 13.8 Å². The Morgan fingerprint density at radius 2 is 2.08 bits per heavy atom. The third-order valence-corrected chi connectivity index (χ3v) is 2.22. The van der Waals surface area contributed by atoms with Gasteiger partial charge in [0.25, 0.3) is 0 Å². The van der Waals surface area contributed by atoms with Crippen LogP contribution in [0.15, 0.2) is 23.8 Å². The Hall–Kier alpha value is -0.890. The Labute approximate surface area is 72.6 Å². The van der Waals surface area contributed by atoms with Gasteiger partial charge in [0.2, 0.25) is 0 Å². The van der Waals surface area contributed by atoms with Crippen LogP contribution in [-0.4, -0.2) is 17.0 Å². The number of carbonyl (C=O) groups is 1. The zero-order valence-electron chi connectivity index (χ0n) is 7.66. The van der Waals surface area contributed by atoms with Gasteiger partial charge in [0.1, 0.15) is 0 Å². The Kier molecular flexibility index (Phi) is 2.20. The summed E-state index contributed by atoms with van der Waals surface area (Å²) in [5, 5.41) is 9.63. The maximum atomic E-state index is 11.2. The number of hydrogen-bond donors (Lipinski definition) is 1. The van der Waals surface area contributed by atoms with E-state index in [-0.39, 0.29) is 11.2 Å². The van der Waals surface area contributed by atoms with Gasteiger partial charge in [0.05, 0.1) is 6.10 Å². The van der Waals surface area contributed by atoms with E-state index < -0.39 is 6.10 Å². The second kappa shape index (κ2) is 2.87. The summed E-state index contributed by atoms with van der Waals surface area (Å²) in [6.45, 7) is 5.52. The van der Waals surface area contributed by atoms with Gasteiger partial charge in [-0.1, -0.05) is 19.9 Å². The van der Waals surface area contributed by atoms with Crippen LogP contribution in [-0.2, 0) is 4.79 Å². The first kappa shape index (κ1) is 9.20. The average molecular weight is 166 g/mol. The number of carbonyl (C=O) groups excluding carboxylic acids is 1. The Bertz CT molecular complexity index is 259. The van der Waals surface area contributed by atoms with Gasteiger partial charge in [-0.25, -0.2) is 0 Å². The topological polar surface area (TPSA) is 37.3 Å². The van der Waals surface area contributed by atoms with Crippen LogP contribution in [0.2, 0.25) is 0 Å². The molecule has 0 bridgehead atoms. The Balaban J connectivity index is 3.07. The highest BCUT2D eigenvalue weighted by atomic mass is 16.3. The zero-order chi connectivity index (χ0) is 9.35. The van der Waals surface area contributed by atoms with Crippen molar-refractivity contribution < 1.29 is 9.90 Å². The van der Waals surface area contributed by atoms with Crippen LogP contribution in [0.3, 0.4) is 0 Å². The molecule has 1 unspecified atom stereocenters. The first-order chi connectivity index (χ1) is 5.43. The van der Waals surface area contributed by atoms with Crippen LogP contribution in [0.4, 0.5) is 0 Å². The van der Waals surface area contributed by atoms with Gasteiger partial charge in [-0.05, 0) is 24.6 Å². The number of rotatable bonds is 0. The van der Waals surface area contributed by atoms with Gasteiger partial charge >= 0.3 is 0 Å². The highest BCUT2D eigenvalue weighted by Gasteiger charge is 2.26. The summed E-state index contributed by atoms with van der Waals surface area (Å²) in [6, 6.07) is 0. The van der Waals surface area contributed by atoms with Crippen molar-refractivity contribution in [1.29, 1.82) is 0 Å². The molecule has 2 nitrogen and oxygen atoms in total. The fourth-order valence-electron chi connectivity index (χ4n) is 1.05. The van der Waals surface area contributed by atoms with Gasteiger partial charge in [-0.2, -0.15) is 0 Å². The zero-order valence-corrected chi connectivity index (χ0v) is 7.66. The molecule has 1 aliphatic carbocycles. The molecule has 1 aliphatic rings. The van der Waals surface area contributed by atoms with Crippen molar-refractivity contribution in [3.63, 3.8) is 0 Å². The van der Waals surface area contributed by atoms with E-state index in [0.29, 0.717) is 5.57 Å². The molecule has 0 saturated heterocycles. The lowest BCUT2D eigenvalue weighted by Gasteiger charge is -2.23. The molecule has 1 atom stereocenters. The summed E-state index contributed by atoms with van der Waals surface area (Å²) in [4.78, 5) is 11.2. The molecular formula is C10H14O2. The molecule has 0 fully saturated rings. The monoisotopic (exact) mass is 166 g/mol. The minimum Gasteiger partial charge on any atom is -0.388 e. The number of aliphatic hydroxyl groups is 1. The number of hydrogen-bond acceptors (Lipinski definition) is 2.